The second-order valence-corrected chi connectivity index (χ2v) is 4.08. The fourth-order valence-corrected chi connectivity index (χ4v) is 1.73. The lowest BCUT2D eigenvalue weighted by molar-refractivity contribution is 0.0951. The van der Waals surface area contributed by atoms with Crippen LogP contribution in [-0.4, -0.2) is 30.3 Å². The van der Waals surface area contributed by atoms with E-state index < -0.39 is 0 Å². The molecule has 7 nitrogen and oxygen atoms in total. The number of ether oxygens (including phenoxy) is 2. The predicted octanol–water partition coefficient (Wildman–Crippen LogP) is 0.939. The first-order valence-electron chi connectivity index (χ1n) is 5.93. The molecule has 0 atom stereocenters. The molecule has 0 aliphatic heterocycles. The summed E-state index contributed by atoms with van der Waals surface area (Å²) in [5.41, 5.74) is 7.36. The Hall–Kier alpha value is -2.70. The summed E-state index contributed by atoms with van der Waals surface area (Å²) < 4.78 is 10.3. The molecule has 0 radical (unpaired) electrons. The van der Waals surface area contributed by atoms with Crippen LogP contribution < -0.4 is 20.5 Å². The molecule has 0 bridgehead atoms. The molecule has 7 heteroatoms. The summed E-state index contributed by atoms with van der Waals surface area (Å²) in [6.45, 7) is 0.355. The highest BCUT2D eigenvalue weighted by Gasteiger charge is 2.15. The van der Waals surface area contributed by atoms with Crippen LogP contribution in [0.15, 0.2) is 24.5 Å². The number of nitrogens with zero attached hydrogens (tertiary/aromatic N) is 1. The van der Waals surface area contributed by atoms with Crippen molar-refractivity contribution in [3.63, 3.8) is 0 Å². The Morgan fingerprint density at radius 3 is 2.80 bits per heavy atom. The normalized spacial score (nSPS) is 10.1. The topological polar surface area (TPSA) is 102 Å². The van der Waals surface area contributed by atoms with Crippen molar-refractivity contribution < 1.29 is 14.3 Å². The zero-order valence-electron chi connectivity index (χ0n) is 11.3. The Balaban J connectivity index is 2.20. The van der Waals surface area contributed by atoms with E-state index in [0.717, 1.165) is 5.56 Å². The highest BCUT2D eigenvalue weighted by Crippen LogP contribution is 2.30. The maximum absolute atomic E-state index is 12.2. The van der Waals surface area contributed by atoms with Crippen LogP contribution in [0.5, 0.6) is 11.5 Å². The third kappa shape index (κ3) is 2.82. The van der Waals surface area contributed by atoms with Crippen molar-refractivity contribution in [3.8, 4) is 11.5 Å². The molecule has 0 saturated heterocycles. The lowest BCUT2D eigenvalue weighted by atomic mass is 10.1. The van der Waals surface area contributed by atoms with Crippen molar-refractivity contribution in [1.82, 2.24) is 15.5 Å². The minimum absolute atomic E-state index is 0.276. The van der Waals surface area contributed by atoms with E-state index in [9.17, 15) is 4.79 Å². The minimum atomic E-state index is -0.305. The summed E-state index contributed by atoms with van der Waals surface area (Å²) in [6, 6.07) is 3.20. The number of amides is 1. The summed E-state index contributed by atoms with van der Waals surface area (Å²) in [5, 5.41) is 9.23. The number of carbonyl (C=O) groups is 1. The maximum atomic E-state index is 12.2. The van der Waals surface area contributed by atoms with Crippen LogP contribution in [-0.2, 0) is 6.54 Å². The number of nitrogens with one attached hydrogen (secondary N) is 2. The van der Waals surface area contributed by atoms with Gasteiger partial charge < -0.3 is 20.5 Å². The van der Waals surface area contributed by atoms with Crippen molar-refractivity contribution in [2.24, 2.45) is 0 Å². The SMILES string of the molecule is COc1cc(OC)c(N)c(C(=O)NCc2cn[nH]c2)c1. The van der Waals surface area contributed by atoms with Crippen LogP contribution in [0, 0.1) is 0 Å². The second kappa shape index (κ2) is 5.96. The van der Waals surface area contributed by atoms with Crippen LogP contribution in [0.4, 0.5) is 5.69 Å². The Labute approximate surface area is 116 Å². The number of methoxy groups -OCH3 is 2. The number of nitrogen functional groups attached to an aromatic ring is 1. The number of benzene rings is 1. The number of aromatic nitrogens is 2. The molecule has 0 unspecified atom stereocenters. The third-order valence-electron chi connectivity index (χ3n) is 2.82. The van der Waals surface area contributed by atoms with Crippen LogP contribution in [0.1, 0.15) is 15.9 Å². The van der Waals surface area contributed by atoms with Gasteiger partial charge in [0, 0.05) is 24.4 Å². The molecule has 0 aliphatic carbocycles. The van der Waals surface area contributed by atoms with Gasteiger partial charge in [0.1, 0.15) is 11.5 Å². The first-order valence-corrected chi connectivity index (χ1v) is 5.93. The number of aromatic amines is 1. The zero-order valence-corrected chi connectivity index (χ0v) is 11.3. The van der Waals surface area contributed by atoms with E-state index >= 15 is 0 Å². The summed E-state index contributed by atoms with van der Waals surface area (Å²) >= 11 is 0. The number of H-pyrrole nitrogens is 1. The number of nitrogens with two attached hydrogens (primary N) is 1. The van der Waals surface area contributed by atoms with Crippen molar-refractivity contribution in [3.05, 3.63) is 35.7 Å². The van der Waals surface area contributed by atoms with Gasteiger partial charge >= 0.3 is 0 Å². The van der Waals surface area contributed by atoms with Crippen molar-refractivity contribution >= 4 is 11.6 Å². The molecule has 4 N–H and O–H groups in total. The third-order valence-corrected chi connectivity index (χ3v) is 2.82. The molecule has 106 valence electrons. The summed E-state index contributed by atoms with van der Waals surface area (Å²) in [7, 11) is 3.00. The standard InChI is InChI=1S/C13H16N4O3/c1-19-9-3-10(12(14)11(4-9)20-2)13(18)15-5-8-6-16-17-7-8/h3-4,6-7H,5,14H2,1-2H3,(H,15,18)(H,16,17). The highest BCUT2D eigenvalue weighted by molar-refractivity contribution is 6.00. The largest absolute Gasteiger partial charge is 0.497 e. The predicted molar refractivity (Wildman–Crippen MR) is 73.7 cm³/mol. The van der Waals surface area contributed by atoms with Gasteiger partial charge in [-0.25, -0.2) is 0 Å². The van der Waals surface area contributed by atoms with E-state index in [1.807, 2.05) is 0 Å². The van der Waals surface area contributed by atoms with Gasteiger partial charge in [-0.05, 0) is 6.07 Å². The van der Waals surface area contributed by atoms with E-state index in [1.54, 1.807) is 24.5 Å². The molecule has 1 amide bonds. The average Bonchev–Trinajstić information content (AvgIpc) is 2.98. The van der Waals surface area contributed by atoms with Crippen molar-refractivity contribution in [2.45, 2.75) is 6.54 Å². The van der Waals surface area contributed by atoms with E-state index in [2.05, 4.69) is 15.5 Å². The summed E-state index contributed by atoms with van der Waals surface area (Å²) in [5.74, 6) is 0.600. The molecule has 1 heterocycles. The van der Waals surface area contributed by atoms with Crippen LogP contribution >= 0.6 is 0 Å². The molecule has 1 aromatic heterocycles. The van der Waals surface area contributed by atoms with Crippen molar-refractivity contribution in [1.29, 1.82) is 0 Å². The molecule has 0 spiro atoms. The van der Waals surface area contributed by atoms with E-state index in [1.165, 1.54) is 14.2 Å². The Morgan fingerprint density at radius 2 is 2.20 bits per heavy atom. The zero-order chi connectivity index (χ0) is 14.5. The Kier molecular flexibility index (Phi) is 4.09. The van der Waals surface area contributed by atoms with E-state index in [-0.39, 0.29) is 11.6 Å². The van der Waals surface area contributed by atoms with Crippen LogP contribution in [0.2, 0.25) is 0 Å². The van der Waals surface area contributed by atoms with E-state index in [0.29, 0.717) is 23.6 Å². The van der Waals surface area contributed by atoms with Gasteiger partial charge in [-0.1, -0.05) is 0 Å². The number of hydrogen-bond acceptors (Lipinski definition) is 5. The average molecular weight is 276 g/mol. The lowest BCUT2D eigenvalue weighted by Gasteiger charge is -2.12. The van der Waals surface area contributed by atoms with E-state index in [4.69, 9.17) is 15.2 Å². The van der Waals surface area contributed by atoms with Gasteiger partial charge in [0.25, 0.3) is 5.91 Å². The molecule has 0 saturated carbocycles. The molecule has 0 aliphatic rings. The fourth-order valence-electron chi connectivity index (χ4n) is 1.73. The van der Waals surface area contributed by atoms with Crippen LogP contribution in [0.25, 0.3) is 0 Å². The number of hydrogen-bond donors (Lipinski definition) is 3. The first kappa shape index (κ1) is 13.7. The maximum Gasteiger partial charge on any atom is 0.253 e. The van der Waals surface area contributed by atoms with Gasteiger partial charge in [-0.3, -0.25) is 9.89 Å². The molecule has 1 aromatic carbocycles. The quantitative estimate of drug-likeness (QED) is 0.705. The highest BCUT2D eigenvalue weighted by atomic mass is 16.5. The fraction of sp³-hybridized carbons (Fsp3) is 0.231. The van der Waals surface area contributed by atoms with Gasteiger partial charge in [0.05, 0.1) is 31.7 Å². The van der Waals surface area contributed by atoms with Gasteiger partial charge in [0.15, 0.2) is 0 Å². The molecule has 20 heavy (non-hydrogen) atoms. The smallest absolute Gasteiger partial charge is 0.253 e. The summed E-state index contributed by atoms with van der Waals surface area (Å²) in [6.07, 6.45) is 3.34. The minimum Gasteiger partial charge on any atom is -0.497 e. The molecule has 2 aromatic rings. The Morgan fingerprint density at radius 1 is 1.40 bits per heavy atom. The molecule has 0 fully saturated rings. The molecule has 2 rings (SSSR count). The first-order chi connectivity index (χ1) is 9.65. The van der Waals surface area contributed by atoms with Gasteiger partial charge in [-0.2, -0.15) is 5.10 Å². The van der Waals surface area contributed by atoms with Crippen LogP contribution in [0.3, 0.4) is 0 Å². The molecular weight excluding hydrogens is 260 g/mol. The number of anilines is 1. The lowest BCUT2D eigenvalue weighted by Crippen LogP contribution is -2.23. The second-order valence-electron chi connectivity index (χ2n) is 4.08. The Bertz CT molecular complexity index is 596. The van der Waals surface area contributed by atoms with Crippen molar-refractivity contribution in [2.75, 3.05) is 20.0 Å². The monoisotopic (exact) mass is 276 g/mol. The summed E-state index contributed by atoms with van der Waals surface area (Å²) in [4.78, 5) is 12.2. The van der Waals surface area contributed by atoms with Gasteiger partial charge in [0.2, 0.25) is 0 Å². The van der Waals surface area contributed by atoms with Gasteiger partial charge in [-0.15, -0.1) is 0 Å². The molecular formula is C13H16N4O3. The number of carbonyl (C=O) groups excluding carboxylic acids is 1. The number of rotatable bonds is 5.